The summed E-state index contributed by atoms with van der Waals surface area (Å²) in [6, 6.07) is 6.80. The Morgan fingerprint density at radius 3 is 2.69 bits per heavy atom. The molecule has 1 atom stereocenters. The van der Waals surface area contributed by atoms with Crippen molar-refractivity contribution in [2.75, 3.05) is 6.61 Å². The number of alkyl halides is 3. The summed E-state index contributed by atoms with van der Waals surface area (Å²) < 4.78 is 51.6. The number of ether oxygens (including phenoxy) is 3. The zero-order chi connectivity index (χ0) is 19.5. The van der Waals surface area contributed by atoms with E-state index in [0.29, 0.717) is 0 Å². The van der Waals surface area contributed by atoms with Gasteiger partial charge in [0, 0.05) is 0 Å². The molecule has 0 saturated heterocycles. The van der Waals surface area contributed by atoms with Gasteiger partial charge in [-0.05, 0) is 31.5 Å². The topological polar surface area (TPSA) is 94.6 Å². The SMILES string of the molecule is CCOC(=O)C1=C(C)OC(N)=C(C#N)C1c1cccc(OC(F)(F)F)c1. The number of rotatable bonds is 4. The smallest absolute Gasteiger partial charge is 0.463 e. The molecule has 1 aromatic carbocycles. The van der Waals surface area contributed by atoms with Gasteiger partial charge in [-0.15, -0.1) is 13.2 Å². The summed E-state index contributed by atoms with van der Waals surface area (Å²) in [5, 5.41) is 9.41. The predicted octanol–water partition coefficient (Wildman–Crippen LogP) is 3.23. The maximum Gasteiger partial charge on any atom is 0.573 e. The highest BCUT2D eigenvalue weighted by atomic mass is 19.4. The van der Waals surface area contributed by atoms with E-state index in [9.17, 15) is 23.2 Å². The molecule has 9 heteroatoms. The monoisotopic (exact) mass is 368 g/mol. The van der Waals surface area contributed by atoms with Crippen LogP contribution in [0.25, 0.3) is 0 Å². The number of nitrogens with two attached hydrogens (primary N) is 1. The standard InChI is InChI=1S/C17H15F3N2O4/c1-3-24-16(23)13-9(2)25-15(22)12(8-21)14(13)10-5-4-6-11(7-10)26-17(18,19)20/h4-7,14H,3,22H2,1-2H3. The predicted molar refractivity (Wildman–Crippen MR) is 83.1 cm³/mol. The fourth-order valence-corrected chi connectivity index (χ4v) is 2.58. The highest BCUT2D eigenvalue weighted by Crippen LogP contribution is 2.40. The summed E-state index contributed by atoms with van der Waals surface area (Å²) in [7, 11) is 0. The molecule has 2 N–H and O–H groups in total. The van der Waals surface area contributed by atoms with Gasteiger partial charge in [-0.3, -0.25) is 0 Å². The number of hydrogen-bond donors (Lipinski definition) is 1. The molecular formula is C17H15F3N2O4. The van der Waals surface area contributed by atoms with E-state index in [2.05, 4.69) is 4.74 Å². The lowest BCUT2D eigenvalue weighted by molar-refractivity contribution is -0.274. The van der Waals surface area contributed by atoms with Crippen LogP contribution >= 0.6 is 0 Å². The van der Waals surface area contributed by atoms with Gasteiger partial charge in [0.2, 0.25) is 5.88 Å². The second-order valence-corrected chi connectivity index (χ2v) is 5.24. The van der Waals surface area contributed by atoms with Crippen molar-refractivity contribution in [3.8, 4) is 11.8 Å². The Hall–Kier alpha value is -3.15. The highest BCUT2D eigenvalue weighted by molar-refractivity contribution is 5.92. The number of allylic oxidation sites excluding steroid dienone is 2. The van der Waals surface area contributed by atoms with Crippen LogP contribution in [0.2, 0.25) is 0 Å². The lowest BCUT2D eigenvalue weighted by Crippen LogP contribution is -2.25. The van der Waals surface area contributed by atoms with Crippen molar-refractivity contribution < 1.29 is 32.2 Å². The van der Waals surface area contributed by atoms with Gasteiger partial charge in [-0.2, -0.15) is 5.26 Å². The van der Waals surface area contributed by atoms with Crippen molar-refractivity contribution in [3.63, 3.8) is 0 Å². The third-order valence-electron chi connectivity index (χ3n) is 3.53. The number of benzene rings is 1. The summed E-state index contributed by atoms with van der Waals surface area (Å²) in [5.74, 6) is -2.41. The van der Waals surface area contributed by atoms with E-state index in [1.165, 1.54) is 19.1 Å². The molecule has 0 aromatic heterocycles. The van der Waals surface area contributed by atoms with Gasteiger partial charge in [0.15, 0.2) is 0 Å². The molecule has 1 aliphatic heterocycles. The molecule has 26 heavy (non-hydrogen) atoms. The molecule has 0 amide bonds. The van der Waals surface area contributed by atoms with Gasteiger partial charge in [-0.1, -0.05) is 12.1 Å². The van der Waals surface area contributed by atoms with Crippen LogP contribution in [0, 0.1) is 11.3 Å². The Morgan fingerprint density at radius 2 is 2.12 bits per heavy atom. The van der Waals surface area contributed by atoms with Crippen molar-refractivity contribution >= 4 is 5.97 Å². The number of nitrogens with zero attached hydrogens (tertiary/aromatic N) is 1. The van der Waals surface area contributed by atoms with Crippen LogP contribution in [-0.4, -0.2) is 18.9 Å². The summed E-state index contributed by atoms with van der Waals surface area (Å²) in [4.78, 5) is 12.3. The Balaban J connectivity index is 2.57. The summed E-state index contributed by atoms with van der Waals surface area (Å²) in [5.41, 5.74) is 5.81. The van der Waals surface area contributed by atoms with Crippen LogP contribution in [-0.2, 0) is 14.3 Å². The van der Waals surface area contributed by atoms with Gasteiger partial charge in [0.1, 0.15) is 23.2 Å². The van der Waals surface area contributed by atoms with Crippen molar-refractivity contribution in [1.29, 1.82) is 5.26 Å². The van der Waals surface area contributed by atoms with Crippen LogP contribution in [0.4, 0.5) is 13.2 Å². The van der Waals surface area contributed by atoms with E-state index >= 15 is 0 Å². The first-order chi connectivity index (χ1) is 12.2. The van der Waals surface area contributed by atoms with Crippen LogP contribution in [0.15, 0.2) is 47.1 Å². The first-order valence-corrected chi connectivity index (χ1v) is 7.49. The summed E-state index contributed by atoms with van der Waals surface area (Å²) >= 11 is 0. The number of nitriles is 1. The van der Waals surface area contributed by atoms with Gasteiger partial charge in [0.05, 0.1) is 18.1 Å². The number of carbonyl (C=O) groups excluding carboxylic acids is 1. The first-order valence-electron chi connectivity index (χ1n) is 7.49. The largest absolute Gasteiger partial charge is 0.573 e. The van der Waals surface area contributed by atoms with E-state index in [-0.39, 0.29) is 35.0 Å². The second kappa shape index (κ2) is 7.39. The van der Waals surface area contributed by atoms with Gasteiger partial charge < -0.3 is 19.9 Å². The number of halogens is 3. The van der Waals surface area contributed by atoms with Gasteiger partial charge in [0.25, 0.3) is 0 Å². The Morgan fingerprint density at radius 1 is 1.42 bits per heavy atom. The lowest BCUT2D eigenvalue weighted by atomic mass is 9.83. The maximum absolute atomic E-state index is 12.5. The van der Waals surface area contributed by atoms with Gasteiger partial charge >= 0.3 is 12.3 Å². The van der Waals surface area contributed by atoms with E-state index in [0.717, 1.165) is 12.1 Å². The first kappa shape index (κ1) is 19.2. The normalized spacial score (nSPS) is 17.5. The fraction of sp³-hybridized carbons (Fsp3) is 0.294. The molecule has 0 spiro atoms. The van der Waals surface area contributed by atoms with Crippen LogP contribution in [0.3, 0.4) is 0 Å². The molecule has 0 aliphatic carbocycles. The Kier molecular flexibility index (Phi) is 5.45. The van der Waals surface area contributed by atoms with Crippen LogP contribution in [0.1, 0.15) is 25.3 Å². The minimum atomic E-state index is -4.88. The Labute approximate surface area is 147 Å². The molecule has 0 radical (unpaired) electrons. The molecule has 0 bridgehead atoms. The third-order valence-corrected chi connectivity index (χ3v) is 3.53. The average Bonchev–Trinajstić information content (AvgIpc) is 2.53. The third kappa shape index (κ3) is 4.08. The average molecular weight is 368 g/mol. The quantitative estimate of drug-likeness (QED) is 0.820. The van der Waals surface area contributed by atoms with Crippen LogP contribution < -0.4 is 10.5 Å². The van der Waals surface area contributed by atoms with E-state index in [1.807, 2.05) is 6.07 Å². The summed E-state index contributed by atoms with van der Waals surface area (Å²) in [6.45, 7) is 3.12. The molecule has 0 fully saturated rings. The number of carbonyl (C=O) groups is 1. The minimum absolute atomic E-state index is 0.0123. The molecule has 1 aromatic rings. The second-order valence-electron chi connectivity index (χ2n) is 5.24. The van der Waals surface area contributed by atoms with Crippen molar-refractivity contribution in [3.05, 3.63) is 52.6 Å². The van der Waals surface area contributed by atoms with E-state index < -0.39 is 24.0 Å². The molecule has 1 aliphatic rings. The molecule has 6 nitrogen and oxygen atoms in total. The van der Waals surface area contributed by atoms with Crippen molar-refractivity contribution in [2.45, 2.75) is 26.1 Å². The minimum Gasteiger partial charge on any atom is -0.463 e. The molecule has 0 saturated carbocycles. The highest BCUT2D eigenvalue weighted by Gasteiger charge is 2.37. The summed E-state index contributed by atoms with van der Waals surface area (Å²) in [6.07, 6.45) is -4.88. The molecule has 1 heterocycles. The lowest BCUT2D eigenvalue weighted by Gasteiger charge is -2.27. The molecular weight excluding hydrogens is 353 g/mol. The van der Waals surface area contributed by atoms with Crippen molar-refractivity contribution in [2.24, 2.45) is 5.73 Å². The molecule has 138 valence electrons. The fourth-order valence-electron chi connectivity index (χ4n) is 2.58. The van der Waals surface area contributed by atoms with Crippen molar-refractivity contribution in [1.82, 2.24) is 0 Å². The maximum atomic E-state index is 12.5. The zero-order valence-electron chi connectivity index (χ0n) is 13.9. The number of hydrogen-bond acceptors (Lipinski definition) is 6. The zero-order valence-corrected chi connectivity index (χ0v) is 13.9. The molecule has 2 rings (SSSR count). The van der Waals surface area contributed by atoms with E-state index in [4.69, 9.17) is 15.2 Å². The van der Waals surface area contributed by atoms with Crippen LogP contribution in [0.5, 0.6) is 5.75 Å². The van der Waals surface area contributed by atoms with Gasteiger partial charge in [-0.25, -0.2) is 4.79 Å². The Bertz CT molecular complexity index is 822. The van der Waals surface area contributed by atoms with E-state index in [1.54, 1.807) is 6.92 Å². The molecule has 1 unspecified atom stereocenters. The number of esters is 1.